The van der Waals surface area contributed by atoms with Crippen LogP contribution >= 0.6 is 0 Å². The lowest BCUT2D eigenvalue weighted by molar-refractivity contribution is 0.0141. The number of pyridine rings is 2. The van der Waals surface area contributed by atoms with Crippen LogP contribution in [0.2, 0.25) is 0 Å². The zero-order valence-electron chi connectivity index (χ0n) is 15.9. The molecular weight excluding hydrogens is 356 g/mol. The molecule has 1 amide bonds. The number of carbonyl (C=O) groups excluding carboxylic acids is 1. The van der Waals surface area contributed by atoms with Crippen molar-refractivity contribution in [2.45, 2.75) is 24.5 Å². The normalized spacial score (nSPS) is 30.3. The fraction of sp³-hybridized carbons (Fsp3) is 0.476. The van der Waals surface area contributed by atoms with E-state index in [-0.39, 0.29) is 17.6 Å². The minimum Gasteiger partial charge on any atom is -0.481 e. The van der Waals surface area contributed by atoms with Gasteiger partial charge in [-0.3, -0.25) is 9.78 Å². The van der Waals surface area contributed by atoms with E-state index in [2.05, 4.69) is 32.3 Å². The number of anilines is 1. The molecule has 2 bridgehead atoms. The Morgan fingerprint density at radius 2 is 2.21 bits per heavy atom. The Kier molecular flexibility index (Phi) is 4.19. The molecule has 5 heterocycles. The third-order valence-corrected chi connectivity index (χ3v) is 6.52. The van der Waals surface area contributed by atoms with Crippen LogP contribution in [0, 0.1) is 11.8 Å². The van der Waals surface area contributed by atoms with Crippen molar-refractivity contribution in [3.63, 3.8) is 0 Å². The zero-order chi connectivity index (χ0) is 19.1. The maximum atomic E-state index is 12.5. The molecule has 3 aliphatic heterocycles. The van der Waals surface area contributed by atoms with Crippen LogP contribution in [0.1, 0.15) is 23.2 Å². The van der Waals surface area contributed by atoms with E-state index in [0.717, 1.165) is 25.9 Å². The summed E-state index contributed by atoms with van der Waals surface area (Å²) in [5.74, 6) is 1.18. The van der Waals surface area contributed by atoms with E-state index in [4.69, 9.17) is 9.47 Å². The minimum absolute atomic E-state index is 0.0645. The van der Waals surface area contributed by atoms with Crippen LogP contribution in [0.3, 0.4) is 0 Å². The van der Waals surface area contributed by atoms with E-state index in [9.17, 15) is 4.79 Å². The van der Waals surface area contributed by atoms with Crippen molar-refractivity contribution >= 4 is 11.6 Å². The lowest BCUT2D eigenvalue weighted by Crippen LogP contribution is -2.41. The SMILES string of the molecule is COc1ccc(C(=O)NC[C@H]2[C@H]3CN(c4ccncc4)C[C@]34CC[C@H]2O4)cn1. The van der Waals surface area contributed by atoms with Crippen LogP contribution in [0.5, 0.6) is 5.88 Å². The van der Waals surface area contributed by atoms with Crippen LogP contribution < -0.4 is 15.0 Å². The van der Waals surface area contributed by atoms with Gasteiger partial charge < -0.3 is 19.7 Å². The highest BCUT2D eigenvalue weighted by atomic mass is 16.5. The van der Waals surface area contributed by atoms with E-state index < -0.39 is 0 Å². The quantitative estimate of drug-likeness (QED) is 0.854. The molecular formula is C21H24N4O3. The largest absolute Gasteiger partial charge is 0.481 e. The molecule has 7 heteroatoms. The van der Waals surface area contributed by atoms with Gasteiger partial charge in [0, 0.05) is 61.8 Å². The number of nitrogens with one attached hydrogen (secondary N) is 1. The highest BCUT2D eigenvalue weighted by Gasteiger charge is 2.62. The molecule has 1 spiro atoms. The van der Waals surface area contributed by atoms with Gasteiger partial charge in [-0.25, -0.2) is 4.98 Å². The molecule has 3 aliphatic rings. The Hall–Kier alpha value is -2.67. The fourth-order valence-corrected chi connectivity index (χ4v) is 5.16. The van der Waals surface area contributed by atoms with Gasteiger partial charge in [0.1, 0.15) is 0 Å². The maximum Gasteiger partial charge on any atom is 0.252 e. The summed E-state index contributed by atoms with van der Waals surface area (Å²) in [6.07, 6.45) is 7.65. The molecule has 28 heavy (non-hydrogen) atoms. The second-order valence-electron chi connectivity index (χ2n) is 7.92. The predicted octanol–water partition coefficient (Wildman–Crippen LogP) is 1.90. The average Bonchev–Trinajstić information content (AvgIpc) is 3.41. The second kappa shape index (κ2) is 6.74. The van der Waals surface area contributed by atoms with Crippen molar-refractivity contribution < 1.29 is 14.3 Å². The Balaban J connectivity index is 1.27. The first-order chi connectivity index (χ1) is 13.7. The Morgan fingerprint density at radius 3 is 2.96 bits per heavy atom. The molecule has 0 aliphatic carbocycles. The Labute approximate surface area is 164 Å². The lowest BCUT2D eigenvalue weighted by Gasteiger charge is -2.29. The van der Waals surface area contributed by atoms with Crippen LogP contribution in [0.25, 0.3) is 0 Å². The summed E-state index contributed by atoms with van der Waals surface area (Å²) >= 11 is 0. The van der Waals surface area contributed by atoms with Gasteiger partial charge >= 0.3 is 0 Å². The first-order valence-electron chi connectivity index (χ1n) is 9.79. The van der Waals surface area contributed by atoms with Gasteiger partial charge in [0.05, 0.1) is 24.4 Å². The molecule has 0 radical (unpaired) electrons. The summed E-state index contributed by atoms with van der Waals surface area (Å²) in [6, 6.07) is 7.55. The first-order valence-corrected chi connectivity index (χ1v) is 9.79. The van der Waals surface area contributed by atoms with Gasteiger partial charge in [-0.15, -0.1) is 0 Å². The van der Waals surface area contributed by atoms with Crippen molar-refractivity contribution in [3.8, 4) is 5.88 Å². The van der Waals surface area contributed by atoms with Gasteiger partial charge in [-0.1, -0.05) is 0 Å². The molecule has 0 aromatic carbocycles. The summed E-state index contributed by atoms with van der Waals surface area (Å²) in [5.41, 5.74) is 1.67. The molecule has 4 atom stereocenters. The van der Waals surface area contributed by atoms with Gasteiger partial charge in [-0.2, -0.15) is 0 Å². The summed E-state index contributed by atoms with van der Waals surface area (Å²) in [7, 11) is 1.56. The van der Waals surface area contributed by atoms with Gasteiger partial charge in [0.25, 0.3) is 5.91 Å². The number of ether oxygens (including phenoxy) is 2. The van der Waals surface area contributed by atoms with E-state index in [1.54, 1.807) is 25.4 Å². The molecule has 7 nitrogen and oxygen atoms in total. The van der Waals surface area contributed by atoms with Crippen molar-refractivity contribution in [1.82, 2.24) is 15.3 Å². The number of hydrogen-bond acceptors (Lipinski definition) is 6. The van der Waals surface area contributed by atoms with Crippen molar-refractivity contribution in [1.29, 1.82) is 0 Å². The fourth-order valence-electron chi connectivity index (χ4n) is 5.16. The Bertz CT molecular complexity index is 860. The first kappa shape index (κ1) is 17.4. The van der Waals surface area contributed by atoms with Gasteiger partial charge in [-0.05, 0) is 31.0 Å². The number of rotatable bonds is 5. The van der Waals surface area contributed by atoms with Crippen LogP contribution in [-0.4, -0.2) is 54.3 Å². The highest BCUT2D eigenvalue weighted by Crippen LogP contribution is 2.55. The zero-order valence-corrected chi connectivity index (χ0v) is 15.9. The van der Waals surface area contributed by atoms with Gasteiger partial charge in [0.15, 0.2) is 0 Å². The van der Waals surface area contributed by atoms with E-state index in [1.165, 1.54) is 5.69 Å². The maximum absolute atomic E-state index is 12.5. The highest BCUT2D eigenvalue weighted by molar-refractivity contribution is 5.93. The number of methoxy groups -OCH3 is 1. The van der Waals surface area contributed by atoms with E-state index in [1.807, 2.05) is 12.4 Å². The molecule has 1 N–H and O–H groups in total. The predicted molar refractivity (Wildman–Crippen MR) is 103 cm³/mol. The number of amides is 1. The monoisotopic (exact) mass is 380 g/mol. The summed E-state index contributed by atoms with van der Waals surface area (Å²) in [5, 5.41) is 3.10. The Morgan fingerprint density at radius 1 is 1.36 bits per heavy atom. The molecule has 2 aromatic heterocycles. The summed E-state index contributed by atoms with van der Waals surface area (Å²) in [6.45, 7) is 2.52. The third kappa shape index (κ3) is 2.81. The molecule has 0 unspecified atom stereocenters. The average molecular weight is 380 g/mol. The third-order valence-electron chi connectivity index (χ3n) is 6.52. The number of hydrogen-bond donors (Lipinski definition) is 1. The molecule has 2 aromatic rings. The number of aromatic nitrogens is 2. The van der Waals surface area contributed by atoms with Crippen LogP contribution in [-0.2, 0) is 4.74 Å². The van der Waals surface area contributed by atoms with Crippen molar-refractivity contribution in [3.05, 3.63) is 48.4 Å². The molecule has 3 saturated heterocycles. The number of fused-ring (bicyclic) bond motifs is 1. The minimum atomic E-state index is -0.101. The summed E-state index contributed by atoms with van der Waals surface area (Å²) < 4.78 is 11.5. The van der Waals surface area contributed by atoms with Crippen LogP contribution in [0.15, 0.2) is 42.9 Å². The molecule has 146 valence electrons. The lowest BCUT2D eigenvalue weighted by atomic mass is 9.73. The number of nitrogens with zero attached hydrogens (tertiary/aromatic N) is 3. The number of carbonyl (C=O) groups is 1. The smallest absolute Gasteiger partial charge is 0.252 e. The van der Waals surface area contributed by atoms with Crippen molar-refractivity contribution in [2.75, 3.05) is 31.6 Å². The van der Waals surface area contributed by atoms with E-state index in [0.29, 0.717) is 29.8 Å². The van der Waals surface area contributed by atoms with Gasteiger partial charge in [0.2, 0.25) is 5.88 Å². The molecule has 5 rings (SSSR count). The summed E-state index contributed by atoms with van der Waals surface area (Å²) in [4.78, 5) is 23.2. The molecule has 3 fully saturated rings. The van der Waals surface area contributed by atoms with Crippen molar-refractivity contribution in [2.24, 2.45) is 11.8 Å². The van der Waals surface area contributed by atoms with Crippen LogP contribution in [0.4, 0.5) is 5.69 Å². The standard InChI is InChI=1S/C21H24N4O3/c1-27-19-3-2-14(10-23-19)20(26)24-11-16-17-12-25(15-5-8-22-9-6-15)13-21(17)7-4-18(16)28-21/h2-3,5-6,8-10,16-18H,4,7,11-13H2,1H3,(H,24,26)/t16-,17+,18+,21+/m0/s1. The topological polar surface area (TPSA) is 76.6 Å². The molecule has 0 saturated carbocycles. The van der Waals surface area contributed by atoms with E-state index >= 15 is 0 Å². The second-order valence-corrected chi connectivity index (χ2v) is 7.92.